The molecule has 0 amide bonds. The summed E-state index contributed by atoms with van der Waals surface area (Å²) in [4.78, 5) is 49.6. The Kier molecular flexibility index (Phi) is 3.34. The molecule has 2 aromatic rings. The van der Waals surface area contributed by atoms with Crippen molar-refractivity contribution >= 4 is 28.7 Å². The average molecular weight is 344 g/mol. The minimum absolute atomic E-state index is 0.000485. The molecule has 0 atom stereocenters. The standard InChI is InChI=1S/C21H12O5/c1-10-8-17(23)18-14(19(10)24)7-6-13(21(18)26)15-9-16(22)11-4-2-3-5-12(11)20(15)25/h2-9,26H,1H3. The molecule has 0 bridgehead atoms. The molecule has 0 unspecified atom stereocenters. The molecule has 4 rings (SSSR count). The fraction of sp³-hybridized carbons (Fsp3) is 0.0476. The molecule has 0 saturated heterocycles. The summed E-state index contributed by atoms with van der Waals surface area (Å²) in [6.07, 6.45) is 2.31. The van der Waals surface area contributed by atoms with E-state index in [0.717, 1.165) is 12.2 Å². The number of phenolic OH excluding ortho intramolecular Hbond substituents is 1. The fourth-order valence-corrected chi connectivity index (χ4v) is 3.31. The summed E-state index contributed by atoms with van der Waals surface area (Å²) >= 11 is 0. The highest BCUT2D eigenvalue weighted by atomic mass is 16.3. The third kappa shape index (κ3) is 2.10. The number of hydrogen-bond donors (Lipinski definition) is 1. The van der Waals surface area contributed by atoms with E-state index in [9.17, 15) is 24.3 Å². The molecule has 0 heterocycles. The van der Waals surface area contributed by atoms with E-state index in [2.05, 4.69) is 0 Å². The normalized spacial score (nSPS) is 16.0. The second kappa shape index (κ2) is 5.46. The van der Waals surface area contributed by atoms with Gasteiger partial charge in [-0.3, -0.25) is 19.2 Å². The molecule has 5 heteroatoms. The van der Waals surface area contributed by atoms with Gasteiger partial charge < -0.3 is 5.11 Å². The van der Waals surface area contributed by atoms with Gasteiger partial charge >= 0.3 is 0 Å². The van der Waals surface area contributed by atoms with E-state index in [4.69, 9.17) is 0 Å². The summed E-state index contributed by atoms with van der Waals surface area (Å²) in [5.74, 6) is -2.10. The highest BCUT2D eigenvalue weighted by Crippen LogP contribution is 2.38. The van der Waals surface area contributed by atoms with Crippen molar-refractivity contribution in [3.05, 3.63) is 81.9 Å². The molecule has 0 radical (unpaired) electrons. The van der Waals surface area contributed by atoms with Gasteiger partial charge in [-0.05, 0) is 31.2 Å². The predicted molar refractivity (Wildman–Crippen MR) is 93.6 cm³/mol. The summed E-state index contributed by atoms with van der Waals surface area (Å²) in [6.45, 7) is 1.52. The van der Waals surface area contributed by atoms with Gasteiger partial charge in [0.25, 0.3) is 0 Å². The molecule has 1 N–H and O–H groups in total. The monoisotopic (exact) mass is 344 g/mol. The Morgan fingerprint density at radius 2 is 1.35 bits per heavy atom. The highest BCUT2D eigenvalue weighted by molar-refractivity contribution is 6.39. The van der Waals surface area contributed by atoms with Crippen LogP contribution in [-0.4, -0.2) is 28.2 Å². The molecule has 0 spiro atoms. The lowest BCUT2D eigenvalue weighted by Gasteiger charge is -2.19. The Balaban J connectivity index is 1.91. The third-order valence-corrected chi connectivity index (χ3v) is 4.62. The largest absolute Gasteiger partial charge is 0.507 e. The highest BCUT2D eigenvalue weighted by Gasteiger charge is 2.32. The summed E-state index contributed by atoms with van der Waals surface area (Å²) < 4.78 is 0. The second-order valence-corrected chi connectivity index (χ2v) is 6.20. The minimum atomic E-state index is -0.507. The van der Waals surface area contributed by atoms with Crippen molar-refractivity contribution in [2.45, 2.75) is 6.92 Å². The summed E-state index contributed by atoms with van der Waals surface area (Å²) in [7, 11) is 0. The molecule has 26 heavy (non-hydrogen) atoms. The predicted octanol–water partition coefficient (Wildman–Crippen LogP) is 3.18. The number of rotatable bonds is 1. The van der Waals surface area contributed by atoms with Crippen LogP contribution in [-0.2, 0) is 0 Å². The van der Waals surface area contributed by atoms with E-state index in [1.54, 1.807) is 24.3 Å². The Bertz CT molecular complexity index is 1120. The van der Waals surface area contributed by atoms with Gasteiger partial charge in [-0.15, -0.1) is 0 Å². The Morgan fingerprint density at radius 1 is 0.692 bits per heavy atom. The van der Waals surface area contributed by atoms with E-state index >= 15 is 0 Å². The van der Waals surface area contributed by atoms with Gasteiger partial charge in [0.1, 0.15) is 5.75 Å². The first-order valence-corrected chi connectivity index (χ1v) is 7.93. The van der Waals surface area contributed by atoms with Crippen LogP contribution in [0.1, 0.15) is 53.9 Å². The van der Waals surface area contributed by atoms with Crippen molar-refractivity contribution in [1.29, 1.82) is 0 Å². The lowest BCUT2D eigenvalue weighted by Crippen LogP contribution is -2.19. The van der Waals surface area contributed by atoms with Crippen LogP contribution in [0.25, 0.3) is 5.57 Å². The maximum atomic E-state index is 12.8. The number of Topliss-reactive ketones (excluding diaryl/α,β-unsaturated/α-hetero) is 2. The van der Waals surface area contributed by atoms with Crippen molar-refractivity contribution < 1.29 is 24.3 Å². The quantitative estimate of drug-likeness (QED) is 0.858. The maximum Gasteiger partial charge on any atom is 0.194 e. The van der Waals surface area contributed by atoms with Crippen LogP contribution < -0.4 is 0 Å². The number of carbonyl (C=O) groups excluding carboxylic acids is 4. The average Bonchev–Trinajstić information content (AvgIpc) is 2.63. The molecule has 126 valence electrons. The number of carbonyl (C=O) groups is 4. The van der Waals surface area contributed by atoms with E-state index in [1.165, 1.54) is 19.1 Å². The number of benzene rings is 2. The van der Waals surface area contributed by atoms with E-state index < -0.39 is 17.3 Å². The van der Waals surface area contributed by atoms with E-state index in [1.807, 2.05) is 0 Å². The smallest absolute Gasteiger partial charge is 0.194 e. The van der Waals surface area contributed by atoms with Crippen LogP contribution in [0.5, 0.6) is 5.75 Å². The van der Waals surface area contributed by atoms with Gasteiger partial charge in [0.05, 0.1) is 5.56 Å². The van der Waals surface area contributed by atoms with Crippen molar-refractivity contribution in [2.24, 2.45) is 0 Å². The summed E-state index contributed by atoms with van der Waals surface area (Å²) in [5, 5.41) is 10.6. The first-order chi connectivity index (χ1) is 12.4. The zero-order chi connectivity index (χ0) is 18.6. The number of aromatic hydroxyl groups is 1. The van der Waals surface area contributed by atoms with Crippen LogP contribution in [0.2, 0.25) is 0 Å². The number of phenols is 1. The van der Waals surface area contributed by atoms with Gasteiger partial charge in [-0.1, -0.05) is 24.3 Å². The molecule has 0 aromatic heterocycles. The van der Waals surface area contributed by atoms with Crippen molar-refractivity contribution in [2.75, 3.05) is 0 Å². The zero-order valence-electron chi connectivity index (χ0n) is 13.7. The Morgan fingerprint density at radius 3 is 2.08 bits per heavy atom. The van der Waals surface area contributed by atoms with Crippen LogP contribution in [0.4, 0.5) is 0 Å². The van der Waals surface area contributed by atoms with Crippen LogP contribution in [0, 0.1) is 0 Å². The number of fused-ring (bicyclic) bond motifs is 2. The maximum absolute atomic E-state index is 12.8. The molecule has 2 aliphatic rings. The lowest BCUT2D eigenvalue weighted by atomic mass is 9.82. The number of ketones is 4. The Labute approximate surface area is 148 Å². The molecular weight excluding hydrogens is 332 g/mol. The first-order valence-electron chi connectivity index (χ1n) is 7.93. The molecule has 2 aromatic carbocycles. The lowest BCUT2D eigenvalue weighted by molar-refractivity contribution is 0.0982. The Hall–Kier alpha value is -3.60. The van der Waals surface area contributed by atoms with Crippen LogP contribution >= 0.6 is 0 Å². The van der Waals surface area contributed by atoms with E-state index in [-0.39, 0.29) is 45.0 Å². The van der Waals surface area contributed by atoms with Gasteiger partial charge in [-0.25, -0.2) is 0 Å². The number of allylic oxidation sites excluding steroid dienone is 4. The SMILES string of the molecule is CC1=CC(=O)c2c(ccc(C3=CC(=O)c4ccccc4C3=O)c2O)C1=O. The zero-order valence-corrected chi connectivity index (χ0v) is 13.7. The fourth-order valence-electron chi connectivity index (χ4n) is 3.31. The van der Waals surface area contributed by atoms with Gasteiger partial charge in [-0.2, -0.15) is 0 Å². The van der Waals surface area contributed by atoms with Crippen molar-refractivity contribution in [3.63, 3.8) is 0 Å². The first kappa shape index (κ1) is 15.9. The topological polar surface area (TPSA) is 88.5 Å². The van der Waals surface area contributed by atoms with Gasteiger partial charge in [0.2, 0.25) is 0 Å². The molecule has 0 saturated carbocycles. The van der Waals surface area contributed by atoms with Crippen LogP contribution in [0.15, 0.2) is 54.1 Å². The van der Waals surface area contributed by atoms with Crippen molar-refractivity contribution in [3.8, 4) is 5.75 Å². The molecule has 5 nitrogen and oxygen atoms in total. The second-order valence-electron chi connectivity index (χ2n) is 6.20. The van der Waals surface area contributed by atoms with Crippen molar-refractivity contribution in [1.82, 2.24) is 0 Å². The molecule has 0 fully saturated rings. The van der Waals surface area contributed by atoms with Crippen LogP contribution in [0.3, 0.4) is 0 Å². The molecule has 0 aliphatic heterocycles. The molecular formula is C21H12O5. The minimum Gasteiger partial charge on any atom is -0.507 e. The number of hydrogen-bond acceptors (Lipinski definition) is 5. The summed E-state index contributed by atoms with van der Waals surface area (Å²) in [6, 6.07) is 9.21. The molecule has 2 aliphatic carbocycles. The van der Waals surface area contributed by atoms with E-state index in [0.29, 0.717) is 5.56 Å². The third-order valence-electron chi connectivity index (χ3n) is 4.62. The summed E-state index contributed by atoms with van der Waals surface area (Å²) in [5.41, 5.74) is 0.830. The van der Waals surface area contributed by atoms with Gasteiger partial charge in [0, 0.05) is 33.4 Å². The van der Waals surface area contributed by atoms with Gasteiger partial charge in [0.15, 0.2) is 23.1 Å².